The predicted molar refractivity (Wildman–Crippen MR) is 78.2 cm³/mol. The highest BCUT2D eigenvalue weighted by molar-refractivity contribution is 7.08. The van der Waals surface area contributed by atoms with Gasteiger partial charge in [0.25, 0.3) is 0 Å². The van der Waals surface area contributed by atoms with E-state index in [1.165, 1.54) is 29.6 Å². The maximum absolute atomic E-state index is 12.8. The monoisotopic (exact) mass is 327 g/mol. The normalized spacial score (nSPS) is 11.8. The van der Waals surface area contributed by atoms with Crippen LogP contribution in [0.4, 0.5) is 13.2 Å². The summed E-state index contributed by atoms with van der Waals surface area (Å²) >= 11 is 1.35. The Morgan fingerprint density at radius 1 is 1.36 bits per heavy atom. The van der Waals surface area contributed by atoms with Gasteiger partial charge in [-0.3, -0.25) is 0 Å². The second-order valence-corrected chi connectivity index (χ2v) is 5.01. The molecule has 2 heterocycles. The average Bonchev–Trinajstić information content (AvgIpc) is 2.98. The first-order valence-corrected chi connectivity index (χ1v) is 7.31. The number of alkyl halides is 3. The van der Waals surface area contributed by atoms with E-state index < -0.39 is 17.8 Å². The van der Waals surface area contributed by atoms with Gasteiger partial charge in [0.2, 0.25) is 0 Å². The lowest BCUT2D eigenvalue weighted by molar-refractivity contribution is -0.141. The van der Waals surface area contributed by atoms with Gasteiger partial charge in [-0.25, -0.2) is 9.78 Å². The summed E-state index contributed by atoms with van der Waals surface area (Å²) in [7, 11) is 0. The van der Waals surface area contributed by atoms with Gasteiger partial charge in [-0.15, -0.1) is 0 Å². The van der Waals surface area contributed by atoms with E-state index in [4.69, 9.17) is 4.74 Å². The summed E-state index contributed by atoms with van der Waals surface area (Å²) in [5, 5.41) is 3.44. The molecule has 0 N–H and O–H groups in total. The van der Waals surface area contributed by atoms with E-state index in [1.807, 2.05) is 0 Å². The van der Waals surface area contributed by atoms with Crippen LogP contribution in [-0.2, 0) is 15.7 Å². The molecule has 0 fully saturated rings. The Bertz CT molecular complexity index is 679. The van der Waals surface area contributed by atoms with Gasteiger partial charge in [0.15, 0.2) is 0 Å². The molecular formula is C15H12F3NO2S. The number of esters is 1. The van der Waals surface area contributed by atoms with Gasteiger partial charge >= 0.3 is 12.1 Å². The van der Waals surface area contributed by atoms with Crippen LogP contribution in [0.1, 0.15) is 18.2 Å². The molecule has 0 amide bonds. The Balaban J connectivity index is 2.43. The molecule has 0 aliphatic carbocycles. The highest BCUT2D eigenvalue weighted by Crippen LogP contribution is 2.32. The minimum Gasteiger partial charge on any atom is -0.463 e. The van der Waals surface area contributed by atoms with E-state index in [0.29, 0.717) is 11.1 Å². The van der Waals surface area contributed by atoms with Crippen molar-refractivity contribution in [2.75, 3.05) is 6.61 Å². The van der Waals surface area contributed by atoms with Crippen LogP contribution >= 0.6 is 11.3 Å². The lowest BCUT2D eigenvalue weighted by Gasteiger charge is -2.10. The van der Waals surface area contributed by atoms with Gasteiger partial charge in [0.05, 0.1) is 12.3 Å². The number of carbonyl (C=O) groups excluding carboxylic acids is 1. The van der Waals surface area contributed by atoms with Gasteiger partial charge in [0.1, 0.15) is 5.69 Å². The van der Waals surface area contributed by atoms with Crippen molar-refractivity contribution in [1.82, 2.24) is 4.98 Å². The van der Waals surface area contributed by atoms with E-state index >= 15 is 0 Å². The molecule has 0 bridgehead atoms. The van der Waals surface area contributed by atoms with Crippen LogP contribution in [0.15, 0.2) is 35.0 Å². The first-order chi connectivity index (χ1) is 10.4. The maximum Gasteiger partial charge on any atom is 0.433 e. The summed E-state index contributed by atoms with van der Waals surface area (Å²) in [5.74, 6) is -0.557. The molecule has 22 heavy (non-hydrogen) atoms. The fourth-order valence-corrected chi connectivity index (χ4v) is 2.38. The van der Waals surface area contributed by atoms with Crippen molar-refractivity contribution in [3.05, 3.63) is 46.3 Å². The van der Waals surface area contributed by atoms with Crippen LogP contribution in [0, 0.1) is 0 Å². The molecule has 0 radical (unpaired) electrons. The molecule has 0 spiro atoms. The topological polar surface area (TPSA) is 39.2 Å². The summed E-state index contributed by atoms with van der Waals surface area (Å²) in [6.07, 6.45) is -1.95. The Morgan fingerprint density at radius 2 is 2.14 bits per heavy atom. The Morgan fingerprint density at radius 3 is 2.73 bits per heavy atom. The fourth-order valence-electron chi connectivity index (χ4n) is 1.74. The molecule has 2 aromatic rings. The van der Waals surface area contributed by atoms with Gasteiger partial charge in [-0.1, -0.05) is 6.07 Å². The molecule has 2 rings (SSSR count). The first kappa shape index (κ1) is 16.2. The van der Waals surface area contributed by atoms with Crippen molar-refractivity contribution in [3.63, 3.8) is 0 Å². The van der Waals surface area contributed by atoms with Crippen LogP contribution in [-0.4, -0.2) is 17.6 Å². The number of halogens is 3. The van der Waals surface area contributed by atoms with Crippen molar-refractivity contribution in [2.24, 2.45) is 0 Å². The number of aromatic nitrogens is 1. The number of hydrogen-bond donors (Lipinski definition) is 0. The van der Waals surface area contributed by atoms with Gasteiger partial charge in [-0.05, 0) is 30.5 Å². The zero-order valence-electron chi connectivity index (χ0n) is 11.6. The van der Waals surface area contributed by atoms with Crippen molar-refractivity contribution in [3.8, 4) is 11.3 Å². The summed E-state index contributed by atoms with van der Waals surface area (Å²) in [5.41, 5.74) is 0.192. The average molecular weight is 327 g/mol. The van der Waals surface area contributed by atoms with E-state index in [-0.39, 0.29) is 12.3 Å². The Kier molecular flexibility index (Phi) is 4.97. The van der Waals surface area contributed by atoms with E-state index in [1.54, 1.807) is 23.8 Å². The highest BCUT2D eigenvalue weighted by atomic mass is 32.1. The number of ether oxygens (including phenoxy) is 1. The van der Waals surface area contributed by atoms with Crippen molar-refractivity contribution >= 4 is 23.4 Å². The van der Waals surface area contributed by atoms with Gasteiger partial charge in [-0.2, -0.15) is 24.5 Å². The fraction of sp³-hybridized carbons (Fsp3) is 0.200. The van der Waals surface area contributed by atoms with E-state index in [9.17, 15) is 18.0 Å². The van der Waals surface area contributed by atoms with Crippen molar-refractivity contribution in [2.45, 2.75) is 13.1 Å². The molecule has 7 heteroatoms. The summed E-state index contributed by atoms with van der Waals surface area (Å²) < 4.78 is 43.2. The number of pyridine rings is 1. The zero-order valence-corrected chi connectivity index (χ0v) is 12.4. The molecule has 0 saturated heterocycles. The number of rotatable bonds is 4. The Labute approximate surface area is 129 Å². The van der Waals surface area contributed by atoms with E-state index in [2.05, 4.69) is 4.98 Å². The molecule has 2 aromatic heterocycles. The SMILES string of the molecule is CCOC(=O)/C=C/c1ccc(C(F)(F)F)nc1-c1ccsc1. The second-order valence-electron chi connectivity index (χ2n) is 4.23. The Hall–Kier alpha value is -2.15. The summed E-state index contributed by atoms with van der Waals surface area (Å²) in [6, 6.07) is 3.86. The molecule has 0 aliphatic rings. The smallest absolute Gasteiger partial charge is 0.433 e. The van der Waals surface area contributed by atoms with E-state index in [0.717, 1.165) is 6.07 Å². The van der Waals surface area contributed by atoms with Crippen LogP contribution in [0.3, 0.4) is 0 Å². The standard InChI is InChI=1S/C15H12F3NO2S/c1-2-21-13(20)6-4-10-3-5-12(15(16,17)18)19-14(10)11-7-8-22-9-11/h3-9H,2H2,1H3/b6-4+. The summed E-state index contributed by atoms with van der Waals surface area (Å²) in [6.45, 7) is 1.90. The quantitative estimate of drug-likeness (QED) is 0.617. The minimum atomic E-state index is -4.52. The zero-order chi connectivity index (χ0) is 16.2. The molecule has 0 aliphatic heterocycles. The molecule has 0 unspecified atom stereocenters. The van der Waals surface area contributed by atoms with Crippen molar-refractivity contribution in [1.29, 1.82) is 0 Å². The molecule has 116 valence electrons. The van der Waals surface area contributed by atoms with Gasteiger partial charge in [0, 0.05) is 22.6 Å². The first-order valence-electron chi connectivity index (χ1n) is 6.37. The molecule has 0 saturated carbocycles. The molecule has 0 aromatic carbocycles. The van der Waals surface area contributed by atoms with Crippen molar-refractivity contribution < 1.29 is 22.7 Å². The predicted octanol–water partition coefficient (Wildman–Crippen LogP) is 4.41. The highest BCUT2D eigenvalue weighted by Gasteiger charge is 2.33. The third kappa shape index (κ3) is 3.94. The van der Waals surface area contributed by atoms with Crippen LogP contribution in [0.2, 0.25) is 0 Å². The lowest BCUT2D eigenvalue weighted by Crippen LogP contribution is -2.09. The molecule has 3 nitrogen and oxygen atoms in total. The number of carbonyl (C=O) groups is 1. The third-order valence-electron chi connectivity index (χ3n) is 2.70. The van der Waals surface area contributed by atoms with Crippen LogP contribution in [0.5, 0.6) is 0 Å². The van der Waals surface area contributed by atoms with Crippen LogP contribution in [0.25, 0.3) is 17.3 Å². The second kappa shape index (κ2) is 6.74. The van der Waals surface area contributed by atoms with Crippen LogP contribution < -0.4 is 0 Å². The molecule has 0 atom stereocenters. The molecular weight excluding hydrogens is 315 g/mol. The number of thiophene rings is 1. The summed E-state index contributed by atoms with van der Waals surface area (Å²) in [4.78, 5) is 15.0. The maximum atomic E-state index is 12.8. The number of hydrogen-bond acceptors (Lipinski definition) is 4. The minimum absolute atomic E-state index is 0.177. The van der Waals surface area contributed by atoms with Gasteiger partial charge < -0.3 is 4.74 Å². The third-order valence-corrected chi connectivity index (χ3v) is 3.38. The number of nitrogens with zero attached hydrogens (tertiary/aromatic N) is 1. The largest absolute Gasteiger partial charge is 0.463 e. The lowest BCUT2D eigenvalue weighted by atomic mass is 10.1.